The van der Waals surface area contributed by atoms with E-state index in [9.17, 15) is 9.59 Å². The minimum atomic E-state index is -0.311. The van der Waals surface area contributed by atoms with Crippen LogP contribution in [0.4, 0.5) is 5.69 Å². The van der Waals surface area contributed by atoms with Gasteiger partial charge in [0, 0.05) is 12.2 Å². The standard InChI is InChI=1S/C17H15Cl2N3O2/c1-2-21-14-5-3-4-6-15(14)22(17(21)24)10-16(23)20-11-7-8-12(18)13(19)9-11/h3-9H,2,10H2,1H3,(H,20,23). The Hall–Kier alpha value is -2.24. The zero-order valence-electron chi connectivity index (χ0n) is 12.9. The topological polar surface area (TPSA) is 56.0 Å². The number of carbonyl (C=O) groups is 1. The fourth-order valence-electron chi connectivity index (χ4n) is 2.65. The first kappa shape index (κ1) is 16.6. The van der Waals surface area contributed by atoms with Gasteiger partial charge >= 0.3 is 5.69 Å². The molecule has 124 valence electrons. The van der Waals surface area contributed by atoms with Crippen molar-refractivity contribution in [2.75, 3.05) is 5.32 Å². The van der Waals surface area contributed by atoms with Gasteiger partial charge in [-0.3, -0.25) is 13.9 Å². The molecular weight excluding hydrogens is 349 g/mol. The molecule has 2 aromatic carbocycles. The van der Waals surface area contributed by atoms with Gasteiger partial charge in [-0.05, 0) is 37.3 Å². The first-order chi connectivity index (χ1) is 11.5. The Morgan fingerprint density at radius 1 is 1.04 bits per heavy atom. The Bertz CT molecular complexity index is 976. The summed E-state index contributed by atoms with van der Waals surface area (Å²) in [5.41, 5.74) is 1.87. The number of carbonyl (C=O) groups excluding carboxylic acids is 1. The molecule has 7 heteroatoms. The maximum absolute atomic E-state index is 12.5. The number of anilines is 1. The Balaban J connectivity index is 1.89. The van der Waals surface area contributed by atoms with Crippen LogP contribution in [0.5, 0.6) is 0 Å². The molecule has 1 heterocycles. The molecule has 0 radical (unpaired) electrons. The number of para-hydroxylation sites is 2. The number of aryl methyl sites for hydroxylation is 1. The highest BCUT2D eigenvalue weighted by Gasteiger charge is 2.14. The van der Waals surface area contributed by atoms with Crippen molar-refractivity contribution in [2.45, 2.75) is 20.0 Å². The van der Waals surface area contributed by atoms with Crippen molar-refractivity contribution in [2.24, 2.45) is 0 Å². The third kappa shape index (κ3) is 3.05. The van der Waals surface area contributed by atoms with Crippen molar-refractivity contribution in [3.05, 3.63) is 63.0 Å². The van der Waals surface area contributed by atoms with Gasteiger partial charge in [-0.1, -0.05) is 35.3 Å². The summed E-state index contributed by atoms with van der Waals surface area (Å²) in [5, 5.41) is 3.50. The summed E-state index contributed by atoms with van der Waals surface area (Å²) in [6.07, 6.45) is 0. The number of rotatable bonds is 4. The summed E-state index contributed by atoms with van der Waals surface area (Å²) in [6.45, 7) is 2.36. The summed E-state index contributed by atoms with van der Waals surface area (Å²) in [6, 6.07) is 12.2. The fraction of sp³-hybridized carbons (Fsp3) is 0.176. The normalized spacial score (nSPS) is 11.0. The molecule has 1 aromatic heterocycles. The van der Waals surface area contributed by atoms with Crippen LogP contribution >= 0.6 is 23.2 Å². The Morgan fingerprint density at radius 3 is 2.33 bits per heavy atom. The number of halogens is 2. The summed E-state index contributed by atoms with van der Waals surface area (Å²) in [7, 11) is 0. The predicted molar refractivity (Wildman–Crippen MR) is 97.0 cm³/mol. The van der Waals surface area contributed by atoms with E-state index in [0.29, 0.717) is 22.3 Å². The van der Waals surface area contributed by atoms with Gasteiger partial charge in [-0.25, -0.2) is 4.79 Å². The van der Waals surface area contributed by atoms with Gasteiger partial charge in [0.2, 0.25) is 5.91 Å². The predicted octanol–water partition coefficient (Wildman–Crippen LogP) is 3.77. The molecular formula is C17H15Cl2N3O2. The van der Waals surface area contributed by atoms with Gasteiger partial charge in [0.05, 0.1) is 21.1 Å². The molecule has 24 heavy (non-hydrogen) atoms. The van der Waals surface area contributed by atoms with Crippen LogP contribution < -0.4 is 11.0 Å². The number of hydrogen-bond acceptors (Lipinski definition) is 2. The second kappa shape index (κ2) is 6.71. The number of amides is 1. The number of imidazole rings is 1. The van der Waals surface area contributed by atoms with Gasteiger partial charge in [0.15, 0.2) is 0 Å². The average molecular weight is 364 g/mol. The molecule has 0 aliphatic heterocycles. The van der Waals surface area contributed by atoms with Crippen molar-refractivity contribution in [1.29, 1.82) is 0 Å². The maximum atomic E-state index is 12.5. The largest absolute Gasteiger partial charge is 0.329 e. The lowest BCUT2D eigenvalue weighted by atomic mass is 10.3. The second-order valence-electron chi connectivity index (χ2n) is 5.28. The van der Waals surface area contributed by atoms with Crippen molar-refractivity contribution in [3.63, 3.8) is 0 Å². The van der Waals surface area contributed by atoms with E-state index < -0.39 is 0 Å². The van der Waals surface area contributed by atoms with Gasteiger partial charge in [0.1, 0.15) is 6.54 Å². The summed E-state index contributed by atoms with van der Waals surface area (Å²) in [4.78, 5) is 24.8. The summed E-state index contributed by atoms with van der Waals surface area (Å²) < 4.78 is 3.10. The molecule has 1 N–H and O–H groups in total. The number of fused-ring (bicyclic) bond motifs is 1. The highest BCUT2D eigenvalue weighted by molar-refractivity contribution is 6.42. The molecule has 0 aliphatic carbocycles. The average Bonchev–Trinajstić information content (AvgIpc) is 2.83. The van der Waals surface area contributed by atoms with Crippen molar-refractivity contribution >= 4 is 45.8 Å². The lowest BCUT2D eigenvalue weighted by Crippen LogP contribution is -2.29. The summed E-state index contributed by atoms with van der Waals surface area (Å²) >= 11 is 11.8. The Labute approximate surface area is 148 Å². The van der Waals surface area contributed by atoms with E-state index in [1.807, 2.05) is 31.2 Å². The van der Waals surface area contributed by atoms with Gasteiger partial charge in [0.25, 0.3) is 0 Å². The molecule has 0 saturated heterocycles. The van der Waals surface area contributed by atoms with Crippen LogP contribution in [0.15, 0.2) is 47.3 Å². The van der Waals surface area contributed by atoms with Crippen LogP contribution in [0.3, 0.4) is 0 Å². The van der Waals surface area contributed by atoms with Gasteiger partial charge in [-0.15, -0.1) is 0 Å². The quantitative estimate of drug-likeness (QED) is 0.766. The zero-order valence-corrected chi connectivity index (χ0v) is 14.4. The Kier molecular flexibility index (Phi) is 4.64. The molecule has 0 atom stereocenters. The monoisotopic (exact) mass is 363 g/mol. The number of benzene rings is 2. The SMILES string of the molecule is CCn1c(=O)n(CC(=O)Nc2ccc(Cl)c(Cl)c2)c2ccccc21. The molecule has 3 rings (SSSR count). The fourth-order valence-corrected chi connectivity index (χ4v) is 2.95. The molecule has 0 spiro atoms. The number of hydrogen-bond donors (Lipinski definition) is 1. The third-order valence-corrected chi connectivity index (χ3v) is 4.49. The highest BCUT2D eigenvalue weighted by atomic mass is 35.5. The van der Waals surface area contributed by atoms with Crippen molar-refractivity contribution in [3.8, 4) is 0 Å². The van der Waals surface area contributed by atoms with E-state index in [1.54, 1.807) is 22.8 Å². The van der Waals surface area contributed by atoms with E-state index >= 15 is 0 Å². The van der Waals surface area contributed by atoms with Crippen LogP contribution in [0.2, 0.25) is 10.0 Å². The molecule has 0 saturated carbocycles. The third-order valence-electron chi connectivity index (χ3n) is 3.75. The van der Waals surface area contributed by atoms with Crippen LogP contribution in [-0.2, 0) is 17.9 Å². The van der Waals surface area contributed by atoms with Gasteiger partial charge < -0.3 is 5.32 Å². The molecule has 0 fully saturated rings. The van der Waals surface area contributed by atoms with Crippen LogP contribution in [0.1, 0.15) is 6.92 Å². The minimum Gasteiger partial charge on any atom is -0.324 e. The molecule has 0 aliphatic rings. The molecule has 0 unspecified atom stereocenters. The maximum Gasteiger partial charge on any atom is 0.329 e. The first-order valence-electron chi connectivity index (χ1n) is 7.44. The first-order valence-corrected chi connectivity index (χ1v) is 8.20. The molecule has 0 bridgehead atoms. The second-order valence-corrected chi connectivity index (χ2v) is 6.09. The zero-order chi connectivity index (χ0) is 17.3. The van der Waals surface area contributed by atoms with Crippen LogP contribution in [0.25, 0.3) is 11.0 Å². The van der Waals surface area contributed by atoms with E-state index in [-0.39, 0.29) is 18.1 Å². The highest BCUT2D eigenvalue weighted by Crippen LogP contribution is 2.25. The lowest BCUT2D eigenvalue weighted by molar-refractivity contribution is -0.116. The van der Waals surface area contributed by atoms with E-state index in [2.05, 4.69) is 5.32 Å². The van der Waals surface area contributed by atoms with Crippen LogP contribution in [-0.4, -0.2) is 15.0 Å². The van der Waals surface area contributed by atoms with E-state index in [4.69, 9.17) is 23.2 Å². The van der Waals surface area contributed by atoms with E-state index in [1.165, 1.54) is 4.57 Å². The van der Waals surface area contributed by atoms with E-state index in [0.717, 1.165) is 11.0 Å². The smallest absolute Gasteiger partial charge is 0.324 e. The molecule has 5 nitrogen and oxygen atoms in total. The van der Waals surface area contributed by atoms with Crippen molar-refractivity contribution in [1.82, 2.24) is 9.13 Å². The number of nitrogens with one attached hydrogen (secondary N) is 1. The van der Waals surface area contributed by atoms with Gasteiger partial charge in [-0.2, -0.15) is 0 Å². The number of nitrogens with zero attached hydrogens (tertiary/aromatic N) is 2. The van der Waals surface area contributed by atoms with Crippen LogP contribution in [0, 0.1) is 0 Å². The molecule has 1 amide bonds. The number of aromatic nitrogens is 2. The molecule has 3 aromatic rings. The van der Waals surface area contributed by atoms with Crippen molar-refractivity contribution < 1.29 is 4.79 Å². The summed E-state index contributed by atoms with van der Waals surface area (Å²) in [5.74, 6) is -0.311. The minimum absolute atomic E-state index is 0.0768. The lowest BCUT2D eigenvalue weighted by Gasteiger charge is -2.07. The Morgan fingerprint density at radius 2 is 1.71 bits per heavy atom.